The zero-order valence-electron chi connectivity index (χ0n) is 21.3. The Hall–Kier alpha value is -3.38. The van der Waals surface area contributed by atoms with Crippen molar-refractivity contribution in [3.05, 3.63) is 71.0 Å². The zero-order chi connectivity index (χ0) is 24.7. The first kappa shape index (κ1) is 23.4. The number of aryl methyl sites for hydroxylation is 2. The molecule has 3 heterocycles. The van der Waals surface area contributed by atoms with Gasteiger partial charge in [-0.25, -0.2) is 0 Å². The Kier molecular flexibility index (Phi) is 6.24. The maximum absolute atomic E-state index is 13.6. The molecule has 1 aromatic heterocycles. The number of aromatic nitrogens is 1. The second-order valence-electron chi connectivity index (χ2n) is 9.95. The number of ether oxygens (including phenoxy) is 1. The number of carbonyl (C=O) groups excluding carboxylic acids is 1. The third-order valence-electron chi connectivity index (χ3n) is 7.10. The Bertz CT molecular complexity index is 1240. The van der Waals surface area contributed by atoms with Crippen LogP contribution in [0.5, 0.6) is 5.75 Å². The van der Waals surface area contributed by atoms with E-state index in [9.17, 15) is 4.79 Å². The maximum Gasteiger partial charge on any atom is 0.258 e. The predicted molar refractivity (Wildman–Crippen MR) is 142 cm³/mol. The molecule has 0 bridgehead atoms. The minimum Gasteiger partial charge on any atom is -0.495 e. The van der Waals surface area contributed by atoms with Gasteiger partial charge in [-0.15, -0.1) is 0 Å². The zero-order valence-corrected chi connectivity index (χ0v) is 21.3. The molecule has 6 nitrogen and oxygen atoms in total. The average molecular weight is 471 g/mol. The Balaban J connectivity index is 1.43. The number of piperazine rings is 1. The highest BCUT2D eigenvalue weighted by Gasteiger charge is 2.30. The van der Waals surface area contributed by atoms with Crippen LogP contribution in [0.1, 0.15) is 41.0 Å². The molecule has 0 aliphatic carbocycles. The molecule has 0 saturated carbocycles. The van der Waals surface area contributed by atoms with Gasteiger partial charge in [-0.05, 0) is 86.7 Å². The van der Waals surface area contributed by atoms with Crippen LogP contribution in [0.15, 0.2) is 48.7 Å². The van der Waals surface area contributed by atoms with Crippen LogP contribution in [0.3, 0.4) is 0 Å². The largest absolute Gasteiger partial charge is 0.495 e. The summed E-state index contributed by atoms with van der Waals surface area (Å²) in [6, 6.07) is 15.1. The summed E-state index contributed by atoms with van der Waals surface area (Å²) in [5, 5.41) is 3.59. The average Bonchev–Trinajstić information content (AvgIpc) is 3.26. The lowest BCUT2D eigenvalue weighted by atomic mass is 10.00. The van der Waals surface area contributed by atoms with Gasteiger partial charge in [0.2, 0.25) is 0 Å². The Morgan fingerprint density at radius 2 is 1.74 bits per heavy atom. The van der Waals surface area contributed by atoms with Gasteiger partial charge in [0.15, 0.2) is 0 Å². The molecule has 1 N–H and O–H groups in total. The van der Waals surface area contributed by atoms with Gasteiger partial charge in [0, 0.05) is 54.9 Å². The van der Waals surface area contributed by atoms with Gasteiger partial charge in [-0.3, -0.25) is 9.78 Å². The van der Waals surface area contributed by atoms with Crippen LogP contribution in [0, 0.1) is 13.8 Å². The molecule has 1 amide bonds. The fourth-order valence-electron chi connectivity index (χ4n) is 5.44. The van der Waals surface area contributed by atoms with Gasteiger partial charge in [0.25, 0.3) is 5.91 Å². The van der Waals surface area contributed by atoms with E-state index in [0.29, 0.717) is 24.2 Å². The lowest BCUT2D eigenvalue weighted by Crippen LogP contribution is -2.54. The second kappa shape index (κ2) is 9.34. The van der Waals surface area contributed by atoms with E-state index in [1.807, 2.05) is 42.3 Å². The van der Waals surface area contributed by atoms with Crippen molar-refractivity contribution in [1.82, 2.24) is 10.3 Å². The van der Waals surface area contributed by atoms with Crippen molar-refractivity contribution in [1.29, 1.82) is 0 Å². The van der Waals surface area contributed by atoms with Crippen molar-refractivity contribution in [3.63, 3.8) is 0 Å². The van der Waals surface area contributed by atoms with Crippen molar-refractivity contribution in [3.8, 4) is 16.9 Å². The standard InChI is InChI=1S/C29H34N4O2/c1-18-15-30-19(2)12-25(18)22-6-8-23(9-7-22)29(34)33-11-10-24-13-28(35-5)27(14-26(24)33)32-16-20(3)31-21(4)17-32/h6-9,12-15,20-21,31H,10-11,16-17H2,1-5H3/t20-,21+. The van der Waals surface area contributed by atoms with Crippen LogP contribution in [-0.2, 0) is 6.42 Å². The number of rotatable bonds is 4. The first-order valence-electron chi connectivity index (χ1n) is 12.4. The van der Waals surface area contributed by atoms with Crippen molar-refractivity contribution in [2.24, 2.45) is 0 Å². The van der Waals surface area contributed by atoms with Gasteiger partial charge in [0.05, 0.1) is 12.8 Å². The number of carbonyl (C=O) groups is 1. The molecule has 2 atom stereocenters. The number of methoxy groups -OCH3 is 1. The topological polar surface area (TPSA) is 57.7 Å². The normalized spacial score (nSPS) is 19.6. The summed E-state index contributed by atoms with van der Waals surface area (Å²) in [5.41, 5.74) is 8.28. The van der Waals surface area contributed by atoms with E-state index < -0.39 is 0 Å². The quantitative estimate of drug-likeness (QED) is 0.596. The Morgan fingerprint density at radius 1 is 1.03 bits per heavy atom. The summed E-state index contributed by atoms with van der Waals surface area (Å²) in [4.78, 5) is 22.3. The summed E-state index contributed by atoms with van der Waals surface area (Å²) >= 11 is 0. The highest BCUT2D eigenvalue weighted by Crippen LogP contribution is 2.40. The van der Waals surface area contributed by atoms with Crippen LogP contribution in [-0.4, -0.2) is 49.7 Å². The number of pyridine rings is 1. The maximum atomic E-state index is 13.6. The smallest absolute Gasteiger partial charge is 0.258 e. The van der Waals surface area contributed by atoms with Crippen LogP contribution in [0.2, 0.25) is 0 Å². The first-order chi connectivity index (χ1) is 16.8. The van der Waals surface area contributed by atoms with Crippen molar-refractivity contribution < 1.29 is 9.53 Å². The Labute approximate surface area is 207 Å². The number of hydrogen-bond acceptors (Lipinski definition) is 5. The highest BCUT2D eigenvalue weighted by atomic mass is 16.5. The molecule has 0 unspecified atom stereocenters. The third kappa shape index (κ3) is 4.50. The molecule has 0 spiro atoms. The van der Waals surface area contributed by atoms with Crippen LogP contribution < -0.4 is 19.9 Å². The molecule has 3 aromatic rings. The lowest BCUT2D eigenvalue weighted by Gasteiger charge is -2.38. The summed E-state index contributed by atoms with van der Waals surface area (Å²) in [6.45, 7) is 11.0. The summed E-state index contributed by atoms with van der Waals surface area (Å²) in [7, 11) is 1.73. The minimum absolute atomic E-state index is 0.0381. The van der Waals surface area contributed by atoms with Crippen LogP contribution in [0.4, 0.5) is 11.4 Å². The summed E-state index contributed by atoms with van der Waals surface area (Å²) in [6.07, 6.45) is 2.73. The number of nitrogens with one attached hydrogen (secondary N) is 1. The fourth-order valence-corrected chi connectivity index (χ4v) is 5.44. The van der Waals surface area contributed by atoms with Gasteiger partial charge >= 0.3 is 0 Å². The van der Waals surface area contributed by atoms with Gasteiger partial charge in [-0.2, -0.15) is 0 Å². The van der Waals surface area contributed by atoms with Crippen LogP contribution in [0.25, 0.3) is 11.1 Å². The number of amides is 1. The van der Waals surface area contributed by atoms with E-state index in [1.54, 1.807) is 7.11 Å². The number of nitrogens with zero attached hydrogens (tertiary/aromatic N) is 3. The number of hydrogen-bond donors (Lipinski definition) is 1. The van der Waals surface area contributed by atoms with E-state index in [1.165, 1.54) is 0 Å². The molecular formula is C29H34N4O2. The van der Waals surface area contributed by atoms with E-state index in [4.69, 9.17) is 4.74 Å². The second-order valence-corrected chi connectivity index (χ2v) is 9.95. The number of anilines is 2. The van der Waals surface area contributed by atoms with E-state index >= 15 is 0 Å². The number of fused-ring (bicyclic) bond motifs is 1. The molecule has 1 fully saturated rings. The number of benzene rings is 2. The van der Waals surface area contributed by atoms with Crippen molar-refractivity contribution in [2.75, 3.05) is 36.5 Å². The molecule has 1 saturated heterocycles. The predicted octanol–water partition coefficient (Wildman–Crippen LogP) is 4.76. The SMILES string of the molecule is COc1cc2c(cc1N1C[C@@H](C)N[C@@H](C)C1)N(C(=O)c1ccc(-c3cc(C)ncc3C)cc1)CC2. The monoisotopic (exact) mass is 470 g/mol. The molecule has 2 aliphatic rings. The Morgan fingerprint density at radius 3 is 2.43 bits per heavy atom. The van der Waals surface area contributed by atoms with E-state index in [-0.39, 0.29) is 5.91 Å². The van der Waals surface area contributed by atoms with Gasteiger partial charge in [0.1, 0.15) is 5.75 Å². The minimum atomic E-state index is 0.0381. The summed E-state index contributed by atoms with van der Waals surface area (Å²) < 4.78 is 5.78. The molecule has 182 valence electrons. The van der Waals surface area contributed by atoms with Gasteiger partial charge in [-0.1, -0.05) is 12.1 Å². The van der Waals surface area contributed by atoms with E-state index in [0.717, 1.165) is 64.6 Å². The third-order valence-corrected chi connectivity index (χ3v) is 7.10. The van der Waals surface area contributed by atoms with Gasteiger partial charge < -0.3 is 19.9 Å². The highest BCUT2D eigenvalue weighted by molar-refractivity contribution is 6.08. The molecule has 5 rings (SSSR count). The molecule has 2 aromatic carbocycles. The molecule has 6 heteroatoms. The molecular weight excluding hydrogens is 436 g/mol. The van der Waals surface area contributed by atoms with E-state index in [2.05, 4.69) is 54.2 Å². The fraction of sp³-hybridized carbons (Fsp3) is 0.379. The van der Waals surface area contributed by atoms with Crippen molar-refractivity contribution in [2.45, 2.75) is 46.2 Å². The van der Waals surface area contributed by atoms with Crippen molar-refractivity contribution >= 4 is 17.3 Å². The molecule has 35 heavy (non-hydrogen) atoms. The molecule has 2 aliphatic heterocycles. The van der Waals surface area contributed by atoms with Crippen LogP contribution >= 0.6 is 0 Å². The summed E-state index contributed by atoms with van der Waals surface area (Å²) in [5.74, 6) is 0.919. The molecule has 0 radical (unpaired) electrons. The lowest BCUT2D eigenvalue weighted by molar-refractivity contribution is 0.0989. The first-order valence-corrected chi connectivity index (χ1v) is 12.4.